The molecule has 6 heteroatoms. The van der Waals surface area contributed by atoms with E-state index >= 15 is 0 Å². The fraction of sp³-hybridized carbons (Fsp3) is 0.789. The molecule has 2 unspecified atom stereocenters. The molecule has 0 bridgehead atoms. The van der Waals surface area contributed by atoms with E-state index in [1.54, 1.807) is 0 Å². The fourth-order valence-corrected chi connectivity index (χ4v) is 5.28. The molecule has 4 rings (SSSR count). The third-order valence-electron chi connectivity index (χ3n) is 6.69. The Balaban J connectivity index is 1.54. The summed E-state index contributed by atoms with van der Waals surface area (Å²) in [5.41, 5.74) is 2.94. The van der Waals surface area contributed by atoms with Crippen molar-refractivity contribution in [2.24, 2.45) is 5.41 Å². The molecule has 1 aromatic heterocycles. The summed E-state index contributed by atoms with van der Waals surface area (Å²) in [5.74, 6) is 0.0612. The first-order valence-corrected chi connectivity index (χ1v) is 9.83. The number of nitrogens with zero attached hydrogens (tertiary/aromatic N) is 2. The molecular formula is C19H30N4O2. The number of rotatable bonds is 4. The van der Waals surface area contributed by atoms with Crippen molar-refractivity contribution in [2.75, 3.05) is 20.2 Å². The van der Waals surface area contributed by atoms with Crippen LogP contribution >= 0.6 is 0 Å². The molecule has 138 valence electrons. The van der Waals surface area contributed by atoms with Crippen LogP contribution in [0.25, 0.3) is 0 Å². The summed E-state index contributed by atoms with van der Waals surface area (Å²) in [6.45, 7) is 4.51. The van der Waals surface area contributed by atoms with E-state index in [0.29, 0.717) is 11.8 Å². The minimum atomic E-state index is 0.0612. The van der Waals surface area contributed by atoms with Crippen LogP contribution in [-0.2, 0) is 17.7 Å². The summed E-state index contributed by atoms with van der Waals surface area (Å²) < 4.78 is 6.04. The molecule has 2 atom stereocenters. The number of carbonyl (C=O) groups is 1. The largest absolute Gasteiger partial charge is 0.378 e. The van der Waals surface area contributed by atoms with Crippen molar-refractivity contribution >= 4 is 5.91 Å². The number of amides is 1. The van der Waals surface area contributed by atoms with Crippen LogP contribution in [0.1, 0.15) is 67.2 Å². The van der Waals surface area contributed by atoms with Crippen LogP contribution in [0.2, 0.25) is 0 Å². The highest BCUT2D eigenvalue weighted by Crippen LogP contribution is 2.55. The van der Waals surface area contributed by atoms with E-state index in [-0.39, 0.29) is 17.4 Å². The zero-order valence-corrected chi connectivity index (χ0v) is 15.4. The predicted octanol–water partition coefficient (Wildman–Crippen LogP) is 2.26. The molecule has 0 radical (unpaired) electrons. The lowest BCUT2D eigenvalue weighted by Crippen LogP contribution is -2.65. The van der Waals surface area contributed by atoms with E-state index < -0.39 is 0 Å². The maximum Gasteiger partial charge on any atom is 0.274 e. The summed E-state index contributed by atoms with van der Waals surface area (Å²) in [4.78, 5) is 15.1. The normalized spacial score (nSPS) is 27.6. The monoisotopic (exact) mass is 346 g/mol. The Hall–Kier alpha value is -1.40. The van der Waals surface area contributed by atoms with Crippen LogP contribution in [-0.4, -0.2) is 53.3 Å². The van der Waals surface area contributed by atoms with Gasteiger partial charge in [-0.25, -0.2) is 0 Å². The van der Waals surface area contributed by atoms with Gasteiger partial charge >= 0.3 is 0 Å². The lowest BCUT2D eigenvalue weighted by atomic mass is 9.54. The van der Waals surface area contributed by atoms with E-state index in [4.69, 9.17) is 4.74 Å². The number of ether oxygens (including phenoxy) is 1. The van der Waals surface area contributed by atoms with Gasteiger partial charge in [0.1, 0.15) is 0 Å². The molecule has 2 fully saturated rings. The van der Waals surface area contributed by atoms with Crippen molar-refractivity contribution in [1.82, 2.24) is 20.4 Å². The third kappa shape index (κ3) is 2.70. The number of carbonyl (C=O) groups excluding carboxylic acids is 1. The highest BCUT2D eigenvalue weighted by molar-refractivity contribution is 5.94. The molecule has 0 saturated heterocycles. The Morgan fingerprint density at radius 1 is 1.36 bits per heavy atom. The second-order valence-corrected chi connectivity index (χ2v) is 7.86. The first-order valence-electron chi connectivity index (χ1n) is 9.83. The van der Waals surface area contributed by atoms with Gasteiger partial charge in [-0.3, -0.25) is 9.89 Å². The molecule has 0 aromatic carbocycles. The quantitative estimate of drug-likeness (QED) is 0.877. The maximum atomic E-state index is 13.2. The zero-order valence-electron chi connectivity index (χ0n) is 15.4. The predicted molar refractivity (Wildman–Crippen MR) is 95.4 cm³/mol. The van der Waals surface area contributed by atoms with Crippen molar-refractivity contribution in [1.29, 1.82) is 0 Å². The Morgan fingerprint density at radius 2 is 2.16 bits per heavy atom. The van der Waals surface area contributed by atoms with Crippen LogP contribution in [0.4, 0.5) is 0 Å². The second-order valence-electron chi connectivity index (χ2n) is 7.86. The van der Waals surface area contributed by atoms with Gasteiger partial charge in [0.05, 0.1) is 6.10 Å². The average Bonchev–Trinajstić information content (AvgIpc) is 3.08. The van der Waals surface area contributed by atoms with Crippen LogP contribution in [0.3, 0.4) is 0 Å². The minimum absolute atomic E-state index is 0.0612. The molecule has 1 spiro atoms. The van der Waals surface area contributed by atoms with Crippen LogP contribution in [0.5, 0.6) is 0 Å². The Labute approximate surface area is 149 Å². The summed E-state index contributed by atoms with van der Waals surface area (Å²) in [6.07, 6.45) is 8.37. The SMILES string of the molecule is CCOC1CC(N(C)C(=O)c2n[nH]c3c2CNCC3)C12CCCCC2. The molecule has 2 heterocycles. The molecule has 3 aliphatic rings. The van der Waals surface area contributed by atoms with Gasteiger partial charge in [0, 0.05) is 55.9 Å². The van der Waals surface area contributed by atoms with Gasteiger partial charge in [0.25, 0.3) is 5.91 Å². The van der Waals surface area contributed by atoms with E-state index in [0.717, 1.165) is 43.8 Å². The lowest BCUT2D eigenvalue weighted by molar-refractivity contribution is -0.170. The van der Waals surface area contributed by atoms with Crippen LogP contribution in [0.15, 0.2) is 0 Å². The third-order valence-corrected chi connectivity index (χ3v) is 6.69. The van der Waals surface area contributed by atoms with E-state index in [2.05, 4.69) is 22.4 Å². The molecular weight excluding hydrogens is 316 g/mol. The van der Waals surface area contributed by atoms with Crippen LogP contribution in [0, 0.1) is 5.41 Å². The van der Waals surface area contributed by atoms with Gasteiger partial charge in [-0.1, -0.05) is 19.3 Å². The molecule has 1 amide bonds. The highest BCUT2D eigenvalue weighted by atomic mass is 16.5. The number of aromatic amines is 1. The first-order chi connectivity index (χ1) is 12.2. The van der Waals surface area contributed by atoms with Crippen molar-refractivity contribution in [3.63, 3.8) is 0 Å². The van der Waals surface area contributed by atoms with E-state index in [1.807, 2.05) is 11.9 Å². The van der Waals surface area contributed by atoms with Crippen molar-refractivity contribution in [3.05, 3.63) is 17.0 Å². The molecule has 1 aliphatic heterocycles. The topological polar surface area (TPSA) is 70.2 Å². The Bertz CT molecular complexity index is 635. The number of aromatic nitrogens is 2. The molecule has 2 saturated carbocycles. The lowest BCUT2D eigenvalue weighted by Gasteiger charge is -2.60. The molecule has 1 aromatic rings. The Morgan fingerprint density at radius 3 is 2.92 bits per heavy atom. The standard InChI is InChI=1S/C19H30N4O2/c1-3-25-16-11-15(19(16)8-5-4-6-9-19)23(2)18(24)17-13-12-20-10-7-14(13)21-22-17/h15-16,20H,3-12H2,1-2H3,(H,21,22). The molecule has 2 aliphatic carbocycles. The highest BCUT2D eigenvalue weighted by Gasteiger charge is 2.58. The number of hydrogen-bond donors (Lipinski definition) is 2. The summed E-state index contributed by atoms with van der Waals surface area (Å²) >= 11 is 0. The van der Waals surface area contributed by atoms with Gasteiger partial charge < -0.3 is 15.0 Å². The van der Waals surface area contributed by atoms with Crippen molar-refractivity contribution in [2.45, 2.75) is 70.6 Å². The van der Waals surface area contributed by atoms with Gasteiger partial charge in [-0.05, 0) is 26.2 Å². The van der Waals surface area contributed by atoms with E-state index in [1.165, 1.54) is 32.1 Å². The molecule has 25 heavy (non-hydrogen) atoms. The van der Waals surface area contributed by atoms with Gasteiger partial charge in [0.15, 0.2) is 5.69 Å². The van der Waals surface area contributed by atoms with E-state index in [9.17, 15) is 4.79 Å². The average molecular weight is 346 g/mol. The first kappa shape index (κ1) is 17.0. The fourth-order valence-electron chi connectivity index (χ4n) is 5.28. The van der Waals surface area contributed by atoms with Crippen molar-refractivity contribution in [3.8, 4) is 0 Å². The Kier molecular flexibility index (Phi) is 4.58. The number of nitrogens with one attached hydrogen (secondary N) is 2. The smallest absolute Gasteiger partial charge is 0.274 e. The summed E-state index contributed by atoms with van der Waals surface area (Å²) in [7, 11) is 1.96. The summed E-state index contributed by atoms with van der Waals surface area (Å²) in [6, 6.07) is 0.278. The summed E-state index contributed by atoms with van der Waals surface area (Å²) in [5, 5.41) is 10.8. The number of hydrogen-bond acceptors (Lipinski definition) is 4. The molecule has 2 N–H and O–H groups in total. The number of fused-ring (bicyclic) bond motifs is 1. The maximum absolute atomic E-state index is 13.2. The zero-order chi connectivity index (χ0) is 17.4. The van der Waals surface area contributed by atoms with Gasteiger partial charge in [0.2, 0.25) is 0 Å². The van der Waals surface area contributed by atoms with Gasteiger partial charge in [-0.15, -0.1) is 0 Å². The van der Waals surface area contributed by atoms with Gasteiger partial charge in [-0.2, -0.15) is 5.10 Å². The molecule has 6 nitrogen and oxygen atoms in total. The second kappa shape index (κ2) is 6.72. The van der Waals surface area contributed by atoms with Crippen LogP contribution < -0.4 is 5.32 Å². The number of H-pyrrole nitrogens is 1. The van der Waals surface area contributed by atoms with Crippen molar-refractivity contribution < 1.29 is 9.53 Å². The minimum Gasteiger partial charge on any atom is -0.378 e.